The molecule has 176 valence electrons. The number of nitrogens with zero attached hydrogens (tertiary/aromatic N) is 2. The number of nitrogens with one attached hydrogen (secondary N) is 2. The summed E-state index contributed by atoms with van der Waals surface area (Å²) in [7, 11) is 1.53. The maximum absolute atomic E-state index is 12.8. The second-order valence-corrected chi connectivity index (χ2v) is 8.34. The Kier molecular flexibility index (Phi) is 8.68. The van der Waals surface area contributed by atoms with Gasteiger partial charge >= 0.3 is 0 Å². The van der Waals surface area contributed by atoms with E-state index >= 15 is 0 Å². The van der Waals surface area contributed by atoms with Gasteiger partial charge in [-0.1, -0.05) is 29.8 Å². The van der Waals surface area contributed by atoms with Gasteiger partial charge in [-0.05, 0) is 43.2 Å². The van der Waals surface area contributed by atoms with Crippen molar-refractivity contribution >= 4 is 35.0 Å². The highest BCUT2D eigenvalue weighted by molar-refractivity contribution is 6.33. The van der Waals surface area contributed by atoms with Crippen LogP contribution in [0.5, 0.6) is 5.75 Å². The van der Waals surface area contributed by atoms with E-state index < -0.39 is 0 Å². The summed E-state index contributed by atoms with van der Waals surface area (Å²) in [5.74, 6) is -0.122. The number of hydrogen-bond donors (Lipinski definition) is 2. The molecule has 0 aromatic heterocycles. The normalized spacial score (nSPS) is 14.3. The number of ether oxygens (including phenoxy) is 1. The maximum Gasteiger partial charge on any atom is 0.255 e. The summed E-state index contributed by atoms with van der Waals surface area (Å²) in [6.07, 6.45) is 0.747. The van der Waals surface area contributed by atoms with Crippen molar-refractivity contribution in [2.45, 2.75) is 13.3 Å². The molecule has 0 bridgehead atoms. The van der Waals surface area contributed by atoms with Crippen LogP contribution < -0.4 is 15.4 Å². The highest BCUT2D eigenvalue weighted by atomic mass is 35.5. The number of benzene rings is 2. The van der Waals surface area contributed by atoms with E-state index in [0.717, 1.165) is 12.0 Å². The first kappa shape index (κ1) is 24.5. The van der Waals surface area contributed by atoms with Gasteiger partial charge in [0.25, 0.3) is 5.91 Å². The third-order valence-electron chi connectivity index (χ3n) is 5.42. The molecule has 3 rings (SSSR count). The van der Waals surface area contributed by atoms with Gasteiger partial charge in [0.05, 0.1) is 36.5 Å². The van der Waals surface area contributed by atoms with Crippen LogP contribution in [0.1, 0.15) is 22.3 Å². The number of methoxy groups -OCH3 is 1. The van der Waals surface area contributed by atoms with E-state index in [0.29, 0.717) is 48.2 Å². The van der Waals surface area contributed by atoms with Gasteiger partial charge in [-0.25, -0.2) is 0 Å². The Bertz CT molecular complexity index is 1010. The van der Waals surface area contributed by atoms with Crippen molar-refractivity contribution in [2.75, 3.05) is 51.7 Å². The minimum Gasteiger partial charge on any atom is -0.495 e. The molecule has 8 nitrogen and oxygen atoms in total. The molecule has 1 fully saturated rings. The monoisotopic (exact) mass is 472 g/mol. The van der Waals surface area contributed by atoms with E-state index in [1.807, 2.05) is 24.0 Å². The Morgan fingerprint density at radius 2 is 1.82 bits per heavy atom. The van der Waals surface area contributed by atoms with Gasteiger partial charge in [-0.2, -0.15) is 0 Å². The summed E-state index contributed by atoms with van der Waals surface area (Å²) in [5.41, 5.74) is 2.03. The molecule has 9 heteroatoms. The molecule has 3 amide bonds. The molecule has 1 heterocycles. The number of carbonyl (C=O) groups is 3. The van der Waals surface area contributed by atoms with E-state index in [1.54, 1.807) is 35.2 Å². The quantitative estimate of drug-likeness (QED) is 0.646. The zero-order valence-corrected chi connectivity index (χ0v) is 19.7. The van der Waals surface area contributed by atoms with E-state index in [1.165, 1.54) is 7.11 Å². The first-order valence-corrected chi connectivity index (χ1v) is 11.2. The second-order valence-electron chi connectivity index (χ2n) is 7.93. The number of anilines is 1. The molecule has 0 spiro atoms. The lowest BCUT2D eigenvalue weighted by molar-refractivity contribution is -0.125. The van der Waals surface area contributed by atoms with Crippen LogP contribution in [-0.2, 0) is 9.59 Å². The van der Waals surface area contributed by atoms with Crippen molar-refractivity contribution in [1.29, 1.82) is 0 Å². The molecule has 2 aromatic carbocycles. The molecule has 0 atom stereocenters. The van der Waals surface area contributed by atoms with E-state index in [4.69, 9.17) is 16.3 Å². The summed E-state index contributed by atoms with van der Waals surface area (Å²) in [6, 6.07) is 12.5. The van der Waals surface area contributed by atoms with E-state index in [2.05, 4.69) is 10.6 Å². The van der Waals surface area contributed by atoms with Crippen molar-refractivity contribution in [3.05, 3.63) is 58.6 Å². The molecule has 1 aliphatic heterocycles. The van der Waals surface area contributed by atoms with Crippen LogP contribution >= 0.6 is 11.6 Å². The SMILES string of the molecule is COc1ccc(C)cc1NC(=O)CNC(=O)CN1CCCN(C(=O)c2ccccc2Cl)CC1. The molecule has 0 radical (unpaired) electrons. The van der Waals surface area contributed by atoms with Crippen LogP contribution in [-0.4, -0.2) is 73.9 Å². The van der Waals surface area contributed by atoms with Crippen LogP contribution in [0, 0.1) is 6.92 Å². The molecule has 0 unspecified atom stereocenters. The zero-order chi connectivity index (χ0) is 23.8. The largest absolute Gasteiger partial charge is 0.495 e. The van der Waals surface area contributed by atoms with Gasteiger partial charge in [-0.3, -0.25) is 19.3 Å². The van der Waals surface area contributed by atoms with Crippen LogP contribution in [0.3, 0.4) is 0 Å². The topological polar surface area (TPSA) is 91.0 Å². The Hall–Kier alpha value is -3.10. The highest BCUT2D eigenvalue weighted by Crippen LogP contribution is 2.25. The molecule has 1 saturated heterocycles. The third-order valence-corrected chi connectivity index (χ3v) is 5.75. The zero-order valence-electron chi connectivity index (χ0n) is 18.9. The summed E-state index contributed by atoms with van der Waals surface area (Å²) in [4.78, 5) is 41.2. The van der Waals surface area contributed by atoms with E-state index in [-0.39, 0.29) is 30.8 Å². The fourth-order valence-electron chi connectivity index (χ4n) is 3.69. The average molecular weight is 473 g/mol. The Balaban J connectivity index is 1.45. The van der Waals surface area contributed by atoms with Crippen molar-refractivity contribution in [1.82, 2.24) is 15.1 Å². The summed E-state index contributed by atoms with van der Waals surface area (Å²) in [6.45, 7) is 4.30. The van der Waals surface area contributed by atoms with Gasteiger partial charge in [-0.15, -0.1) is 0 Å². The summed E-state index contributed by atoms with van der Waals surface area (Å²) < 4.78 is 5.26. The number of rotatable bonds is 7. The average Bonchev–Trinajstić information content (AvgIpc) is 3.03. The van der Waals surface area contributed by atoms with Crippen molar-refractivity contribution < 1.29 is 19.1 Å². The van der Waals surface area contributed by atoms with Gasteiger partial charge < -0.3 is 20.3 Å². The minimum atomic E-state index is -0.334. The fourth-order valence-corrected chi connectivity index (χ4v) is 3.91. The number of hydrogen-bond acceptors (Lipinski definition) is 5. The van der Waals surface area contributed by atoms with Gasteiger partial charge in [0.2, 0.25) is 11.8 Å². The standard InChI is InChI=1S/C24H29ClN4O4/c1-17-8-9-21(33-2)20(14-17)27-22(30)15-26-23(31)16-28-10-5-11-29(13-12-28)24(32)18-6-3-4-7-19(18)25/h3-4,6-9,14H,5,10-13,15-16H2,1-2H3,(H,26,31)(H,27,30). The lowest BCUT2D eigenvalue weighted by Gasteiger charge is -2.22. The minimum absolute atomic E-state index is 0.102. The molecule has 33 heavy (non-hydrogen) atoms. The lowest BCUT2D eigenvalue weighted by Crippen LogP contribution is -2.42. The molecule has 2 aromatic rings. The van der Waals surface area contributed by atoms with Crippen LogP contribution in [0.15, 0.2) is 42.5 Å². The van der Waals surface area contributed by atoms with Gasteiger partial charge in [0, 0.05) is 26.2 Å². The number of aryl methyl sites for hydroxylation is 1. The number of carbonyl (C=O) groups excluding carboxylic acids is 3. The summed E-state index contributed by atoms with van der Waals surface area (Å²) in [5, 5.41) is 5.86. The van der Waals surface area contributed by atoms with E-state index in [9.17, 15) is 14.4 Å². The number of amides is 3. The van der Waals surface area contributed by atoms with Crippen molar-refractivity contribution in [2.24, 2.45) is 0 Å². The Morgan fingerprint density at radius 3 is 2.58 bits per heavy atom. The Labute approximate surface area is 198 Å². The lowest BCUT2D eigenvalue weighted by atomic mass is 10.2. The molecule has 0 saturated carbocycles. The van der Waals surface area contributed by atoms with Crippen molar-refractivity contribution in [3.8, 4) is 5.75 Å². The summed E-state index contributed by atoms with van der Waals surface area (Å²) >= 11 is 6.16. The molecular weight excluding hydrogens is 444 g/mol. The smallest absolute Gasteiger partial charge is 0.255 e. The van der Waals surface area contributed by atoms with Crippen LogP contribution in [0.4, 0.5) is 5.69 Å². The Morgan fingerprint density at radius 1 is 1.03 bits per heavy atom. The van der Waals surface area contributed by atoms with Gasteiger partial charge in [0.1, 0.15) is 5.75 Å². The molecule has 0 aliphatic carbocycles. The first-order chi connectivity index (χ1) is 15.9. The maximum atomic E-state index is 12.8. The first-order valence-electron chi connectivity index (χ1n) is 10.8. The predicted octanol–water partition coefficient (Wildman–Crippen LogP) is 2.56. The molecule has 1 aliphatic rings. The van der Waals surface area contributed by atoms with Gasteiger partial charge in [0.15, 0.2) is 0 Å². The van der Waals surface area contributed by atoms with Crippen molar-refractivity contribution in [3.63, 3.8) is 0 Å². The predicted molar refractivity (Wildman–Crippen MR) is 128 cm³/mol. The molecular formula is C24H29ClN4O4. The highest BCUT2D eigenvalue weighted by Gasteiger charge is 2.22. The third kappa shape index (κ3) is 6.94. The van der Waals surface area contributed by atoms with Crippen LogP contribution in [0.25, 0.3) is 0 Å². The second kappa shape index (κ2) is 11.7. The molecule has 2 N–H and O–H groups in total. The number of halogens is 1. The van der Waals surface area contributed by atoms with Crippen LogP contribution in [0.2, 0.25) is 5.02 Å². The fraction of sp³-hybridized carbons (Fsp3) is 0.375.